The number of benzene rings is 1. The second kappa shape index (κ2) is 6.75. The third-order valence-corrected chi connectivity index (χ3v) is 3.19. The Bertz CT molecular complexity index is 612. The summed E-state index contributed by atoms with van der Waals surface area (Å²) in [6.45, 7) is 0.181. The minimum atomic E-state index is -0.569. The maximum atomic E-state index is 12.2. The van der Waals surface area contributed by atoms with Crippen molar-refractivity contribution in [1.82, 2.24) is 15.1 Å². The van der Waals surface area contributed by atoms with E-state index in [9.17, 15) is 14.4 Å². The Morgan fingerprint density at radius 3 is 2.59 bits per heavy atom. The summed E-state index contributed by atoms with van der Waals surface area (Å²) in [5, 5.41) is 2.66. The normalized spacial score (nSPS) is 14.5. The molecule has 0 saturated heterocycles. The van der Waals surface area contributed by atoms with E-state index >= 15 is 0 Å². The molecule has 7 heteroatoms. The van der Waals surface area contributed by atoms with E-state index in [-0.39, 0.29) is 12.1 Å². The number of carbonyl (C=O) groups excluding carboxylic acids is 3. The van der Waals surface area contributed by atoms with Crippen molar-refractivity contribution < 1.29 is 19.1 Å². The first-order valence-corrected chi connectivity index (χ1v) is 6.68. The summed E-state index contributed by atoms with van der Waals surface area (Å²) in [7, 11) is 2.72. The number of rotatable bonds is 3. The van der Waals surface area contributed by atoms with Crippen molar-refractivity contribution in [2.75, 3.05) is 20.7 Å². The lowest BCUT2D eigenvalue weighted by Gasteiger charge is -2.30. The summed E-state index contributed by atoms with van der Waals surface area (Å²) in [6.07, 6.45) is 1.37. The van der Waals surface area contributed by atoms with Crippen molar-refractivity contribution >= 4 is 18.0 Å². The molecule has 1 aliphatic heterocycles. The molecule has 1 aromatic carbocycles. The standard InChI is InChI=1S/C15H17N3O4/c1-17-9-12(13(19)22-2)10-18(15(17)21)14(20)16-8-11-6-4-3-5-7-11/h3-7,9H,8,10H2,1-2H3,(H,16,20). The zero-order valence-corrected chi connectivity index (χ0v) is 12.4. The van der Waals surface area contributed by atoms with Gasteiger partial charge in [-0.2, -0.15) is 0 Å². The van der Waals surface area contributed by atoms with Gasteiger partial charge in [0.05, 0.1) is 19.2 Å². The molecule has 22 heavy (non-hydrogen) atoms. The van der Waals surface area contributed by atoms with Crippen LogP contribution < -0.4 is 5.32 Å². The van der Waals surface area contributed by atoms with Crippen molar-refractivity contribution in [2.24, 2.45) is 0 Å². The highest BCUT2D eigenvalue weighted by atomic mass is 16.5. The number of methoxy groups -OCH3 is 1. The van der Waals surface area contributed by atoms with E-state index in [4.69, 9.17) is 0 Å². The number of urea groups is 2. The van der Waals surface area contributed by atoms with Crippen molar-refractivity contribution in [2.45, 2.75) is 6.54 Å². The molecule has 0 atom stereocenters. The van der Waals surface area contributed by atoms with Crippen LogP contribution in [0, 0.1) is 0 Å². The summed E-state index contributed by atoms with van der Waals surface area (Å²) in [6, 6.07) is 8.27. The van der Waals surface area contributed by atoms with Crippen LogP contribution in [0.2, 0.25) is 0 Å². The molecule has 1 heterocycles. The van der Waals surface area contributed by atoms with Crippen LogP contribution in [0.1, 0.15) is 5.56 Å². The van der Waals surface area contributed by atoms with E-state index in [1.807, 2.05) is 30.3 Å². The molecule has 1 aliphatic rings. The summed E-state index contributed by atoms with van der Waals surface area (Å²) >= 11 is 0. The third-order valence-electron chi connectivity index (χ3n) is 3.19. The molecule has 1 N–H and O–H groups in total. The molecular weight excluding hydrogens is 286 g/mol. The second-order valence-corrected chi connectivity index (χ2v) is 4.77. The van der Waals surface area contributed by atoms with Gasteiger partial charge in [-0.3, -0.25) is 0 Å². The van der Waals surface area contributed by atoms with E-state index in [0.29, 0.717) is 6.54 Å². The molecule has 0 spiro atoms. The first kappa shape index (κ1) is 15.6. The van der Waals surface area contributed by atoms with E-state index in [1.54, 1.807) is 0 Å². The predicted octanol–water partition coefficient (Wildman–Crippen LogP) is 1.32. The Morgan fingerprint density at radius 1 is 1.27 bits per heavy atom. The molecule has 0 radical (unpaired) electrons. The molecule has 116 valence electrons. The molecule has 0 aliphatic carbocycles. The molecular formula is C15H17N3O4. The molecule has 0 bridgehead atoms. The van der Waals surface area contributed by atoms with E-state index < -0.39 is 18.0 Å². The lowest BCUT2D eigenvalue weighted by atomic mass is 10.2. The Balaban J connectivity index is 2.04. The number of ether oxygens (including phenoxy) is 1. The highest BCUT2D eigenvalue weighted by Gasteiger charge is 2.31. The van der Waals surface area contributed by atoms with Gasteiger partial charge in [-0.15, -0.1) is 0 Å². The average Bonchev–Trinajstić information content (AvgIpc) is 2.55. The highest BCUT2D eigenvalue weighted by Crippen LogP contribution is 2.13. The molecule has 0 saturated carbocycles. The molecule has 0 aromatic heterocycles. The van der Waals surface area contributed by atoms with Gasteiger partial charge in [0.15, 0.2) is 0 Å². The Hall–Kier alpha value is -2.83. The van der Waals surface area contributed by atoms with Gasteiger partial charge in [0, 0.05) is 19.8 Å². The molecule has 4 amide bonds. The Kier molecular flexibility index (Phi) is 4.77. The quantitative estimate of drug-likeness (QED) is 0.854. The van der Waals surface area contributed by atoms with Crippen LogP contribution in [-0.4, -0.2) is 48.5 Å². The number of hydrogen-bond acceptors (Lipinski definition) is 4. The number of carbonyl (C=O) groups is 3. The zero-order valence-electron chi connectivity index (χ0n) is 12.4. The smallest absolute Gasteiger partial charge is 0.337 e. The predicted molar refractivity (Wildman–Crippen MR) is 78.6 cm³/mol. The summed E-state index contributed by atoms with van der Waals surface area (Å²) < 4.78 is 4.63. The fourth-order valence-electron chi connectivity index (χ4n) is 2.03. The topological polar surface area (TPSA) is 79.0 Å². The number of imide groups is 1. The number of esters is 1. The van der Waals surface area contributed by atoms with E-state index in [0.717, 1.165) is 10.5 Å². The number of amides is 4. The molecule has 7 nitrogen and oxygen atoms in total. The van der Waals surface area contributed by atoms with Gasteiger partial charge in [0.1, 0.15) is 0 Å². The van der Waals surface area contributed by atoms with Crippen LogP contribution in [0.3, 0.4) is 0 Å². The van der Waals surface area contributed by atoms with Gasteiger partial charge in [-0.1, -0.05) is 30.3 Å². The van der Waals surface area contributed by atoms with Gasteiger partial charge >= 0.3 is 18.0 Å². The molecule has 2 rings (SSSR count). The highest BCUT2D eigenvalue weighted by molar-refractivity contribution is 5.99. The van der Waals surface area contributed by atoms with Crippen LogP contribution in [0.15, 0.2) is 42.1 Å². The summed E-state index contributed by atoms with van der Waals surface area (Å²) in [4.78, 5) is 37.9. The molecule has 1 aromatic rings. The largest absolute Gasteiger partial charge is 0.466 e. The fraction of sp³-hybridized carbons (Fsp3) is 0.267. The maximum absolute atomic E-state index is 12.2. The van der Waals surface area contributed by atoms with E-state index in [1.165, 1.54) is 25.3 Å². The third kappa shape index (κ3) is 3.43. The monoisotopic (exact) mass is 303 g/mol. The Labute approximate surface area is 128 Å². The minimum absolute atomic E-state index is 0.115. The fourth-order valence-corrected chi connectivity index (χ4v) is 2.03. The Morgan fingerprint density at radius 2 is 1.95 bits per heavy atom. The summed E-state index contributed by atoms with van der Waals surface area (Å²) in [5.74, 6) is -0.569. The first-order valence-electron chi connectivity index (χ1n) is 6.68. The average molecular weight is 303 g/mol. The van der Waals surface area contributed by atoms with Gasteiger partial charge in [-0.25, -0.2) is 19.3 Å². The van der Waals surface area contributed by atoms with Crippen molar-refractivity contribution in [1.29, 1.82) is 0 Å². The van der Waals surface area contributed by atoms with Crippen LogP contribution >= 0.6 is 0 Å². The van der Waals surface area contributed by atoms with Crippen LogP contribution in [-0.2, 0) is 16.1 Å². The number of hydrogen-bond donors (Lipinski definition) is 1. The second-order valence-electron chi connectivity index (χ2n) is 4.77. The summed E-state index contributed by atoms with van der Waals surface area (Å²) in [5.41, 5.74) is 1.15. The lowest BCUT2D eigenvalue weighted by Crippen LogP contribution is -2.51. The zero-order chi connectivity index (χ0) is 16.1. The number of nitrogens with one attached hydrogen (secondary N) is 1. The minimum Gasteiger partial charge on any atom is -0.466 e. The van der Waals surface area contributed by atoms with E-state index in [2.05, 4.69) is 10.1 Å². The number of nitrogens with zero attached hydrogens (tertiary/aromatic N) is 2. The SMILES string of the molecule is COC(=O)C1=CN(C)C(=O)N(C(=O)NCc2ccccc2)C1. The lowest BCUT2D eigenvalue weighted by molar-refractivity contribution is -0.136. The van der Waals surface area contributed by atoms with Crippen LogP contribution in [0.25, 0.3) is 0 Å². The molecule has 0 fully saturated rings. The first-order chi connectivity index (χ1) is 10.5. The molecule has 0 unspecified atom stereocenters. The van der Waals surface area contributed by atoms with Crippen molar-refractivity contribution in [3.63, 3.8) is 0 Å². The van der Waals surface area contributed by atoms with Gasteiger partial charge in [-0.05, 0) is 5.56 Å². The van der Waals surface area contributed by atoms with Crippen molar-refractivity contribution in [3.05, 3.63) is 47.7 Å². The van der Waals surface area contributed by atoms with Crippen LogP contribution in [0.4, 0.5) is 9.59 Å². The van der Waals surface area contributed by atoms with Gasteiger partial charge in [0.2, 0.25) is 0 Å². The van der Waals surface area contributed by atoms with Gasteiger partial charge < -0.3 is 15.0 Å². The van der Waals surface area contributed by atoms with Gasteiger partial charge in [0.25, 0.3) is 0 Å². The van der Waals surface area contributed by atoms with Crippen molar-refractivity contribution in [3.8, 4) is 0 Å². The van der Waals surface area contributed by atoms with Crippen LogP contribution in [0.5, 0.6) is 0 Å². The maximum Gasteiger partial charge on any atom is 0.337 e.